The molecule has 2 N–H and O–H groups in total. The molecule has 9 nitrogen and oxygen atoms in total. The Hall–Kier alpha value is -2.40. The van der Waals surface area contributed by atoms with E-state index in [0.29, 0.717) is 24.1 Å². The van der Waals surface area contributed by atoms with E-state index in [1.807, 2.05) is 42.7 Å². The van der Waals surface area contributed by atoms with E-state index >= 15 is 0 Å². The number of carbonyl (C=O) groups is 3. The van der Waals surface area contributed by atoms with Gasteiger partial charge in [0.2, 0.25) is 17.7 Å². The van der Waals surface area contributed by atoms with Gasteiger partial charge in [0.15, 0.2) is 0 Å². The molecule has 5 aliphatic rings. The number of nitrogens with zero attached hydrogens (tertiary/aromatic N) is 3. The summed E-state index contributed by atoms with van der Waals surface area (Å²) in [7, 11) is 0. The summed E-state index contributed by atoms with van der Waals surface area (Å²) in [5.74, 6) is -1.05. The van der Waals surface area contributed by atoms with Crippen molar-refractivity contribution in [1.82, 2.24) is 20.0 Å². The summed E-state index contributed by atoms with van der Waals surface area (Å²) in [6.45, 7) is 13.2. The number of anilines is 1. The molecule has 1 aromatic rings. The van der Waals surface area contributed by atoms with E-state index in [4.69, 9.17) is 4.74 Å². The molecule has 1 aliphatic carbocycles. The van der Waals surface area contributed by atoms with Gasteiger partial charge in [0.1, 0.15) is 11.6 Å². The van der Waals surface area contributed by atoms with Gasteiger partial charge in [-0.05, 0) is 62.2 Å². The highest BCUT2D eigenvalue weighted by atomic mass is 32.2. The number of amides is 3. The first kappa shape index (κ1) is 31.6. The van der Waals surface area contributed by atoms with Crippen LogP contribution in [0.1, 0.15) is 46.5 Å². The monoisotopic (exact) mass is 623 g/mol. The van der Waals surface area contributed by atoms with Gasteiger partial charge in [-0.15, -0.1) is 11.8 Å². The summed E-state index contributed by atoms with van der Waals surface area (Å²) >= 11 is 1.61. The van der Waals surface area contributed by atoms with E-state index in [1.54, 1.807) is 16.7 Å². The van der Waals surface area contributed by atoms with Gasteiger partial charge >= 0.3 is 0 Å². The fourth-order valence-electron chi connectivity index (χ4n) is 8.28. The Labute approximate surface area is 266 Å². The van der Waals surface area contributed by atoms with Crippen molar-refractivity contribution in [3.05, 3.63) is 36.4 Å². The Morgan fingerprint density at radius 3 is 2.59 bits per heavy atom. The second-order valence-corrected chi connectivity index (χ2v) is 14.3. The maximum Gasteiger partial charge on any atom is 0.246 e. The van der Waals surface area contributed by atoms with Crippen molar-refractivity contribution < 1.29 is 19.1 Å². The van der Waals surface area contributed by atoms with Gasteiger partial charge < -0.3 is 30.1 Å². The van der Waals surface area contributed by atoms with E-state index in [0.717, 1.165) is 63.4 Å². The smallest absolute Gasteiger partial charge is 0.246 e. The molecule has 1 spiro atoms. The summed E-state index contributed by atoms with van der Waals surface area (Å²) in [5, 5.41) is 6.42. The third kappa shape index (κ3) is 5.83. The molecule has 4 aliphatic heterocycles. The lowest BCUT2D eigenvalue weighted by molar-refractivity contribution is -0.141. The summed E-state index contributed by atoms with van der Waals surface area (Å²) in [5.41, 5.74) is -0.437. The number of ether oxygens (including phenoxy) is 1. The van der Waals surface area contributed by atoms with Crippen LogP contribution >= 0.6 is 11.8 Å². The summed E-state index contributed by atoms with van der Waals surface area (Å²) in [6, 6.07) is 6.99. The lowest BCUT2D eigenvalue weighted by atomic mass is 9.73. The highest BCUT2D eigenvalue weighted by Crippen LogP contribution is 2.55. The minimum Gasteiger partial charge on any atom is -0.359 e. The van der Waals surface area contributed by atoms with Gasteiger partial charge in [-0.1, -0.05) is 51.8 Å². The van der Waals surface area contributed by atoms with Crippen molar-refractivity contribution in [1.29, 1.82) is 0 Å². The zero-order chi connectivity index (χ0) is 31.0. The summed E-state index contributed by atoms with van der Waals surface area (Å²) in [4.78, 5) is 50.2. The van der Waals surface area contributed by atoms with Crippen LogP contribution in [0.15, 0.2) is 41.3 Å². The van der Waals surface area contributed by atoms with Crippen LogP contribution in [0, 0.1) is 23.7 Å². The number of carbonyl (C=O) groups excluding carboxylic acids is 3. The van der Waals surface area contributed by atoms with Crippen LogP contribution < -0.4 is 10.6 Å². The molecule has 4 fully saturated rings. The molecule has 0 aromatic heterocycles. The van der Waals surface area contributed by atoms with Gasteiger partial charge in [0, 0.05) is 49.3 Å². The van der Waals surface area contributed by atoms with Crippen LogP contribution in [0.4, 0.5) is 5.69 Å². The number of rotatable bonds is 10. The van der Waals surface area contributed by atoms with Crippen LogP contribution in [-0.4, -0.2) is 108 Å². The minimum atomic E-state index is -1.13. The quantitative estimate of drug-likeness (QED) is 0.305. The van der Waals surface area contributed by atoms with Gasteiger partial charge in [-0.25, -0.2) is 0 Å². The molecule has 6 unspecified atom stereocenters. The largest absolute Gasteiger partial charge is 0.359 e. The minimum absolute atomic E-state index is 0.0684. The van der Waals surface area contributed by atoms with Crippen molar-refractivity contribution in [2.24, 2.45) is 23.7 Å². The molecule has 4 heterocycles. The van der Waals surface area contributed by atoms with Crippen molar-refractivity contribution in [3.63, 3.8) is 0 Å². The predicted molar refractivity (Wildman–Crippen MR) is 173 cm³/mol. The third-order valence-corrected chi connectivity index (χ3v) is 11.8. The second kappa shape index (κ2) is 13.1. The maximum absolute atomic E-state index is 14.4. The number of nitrogens with one attached hydrogen (secondary N) is 2. The van der Waals surface area contributed by atoms with Gasteiger partial charge in [0.25, 0.3) is 0 Å². The fraction of sp³-hybridized carbons (Fsp3) is 0.676. The van der Waals surface area contributed by atoms with E-state index in [2.05, 4.69) is 41.2 Å². The van der Waals surface area contributed by atoms with Gasteiger partial charge in [0.05, 0.1) is 17.9 Å². The Balaban J connectivity index is 1.22. The van der Waals surface area contributed by atoms with Crippen molar-refractivity contribution >= 4 is 35.2 Å². The van der Waals surface area contributed by atoms with Crippen molar-refractivity contribution in [3.8, 4) is 0 Å². The SMILES string of the molecule is CCN1CCN(CCCN2C(=O)[C@H]3C(C(=O)Nc4cccc(SC)c4)[C@H]4C=CC3(O4)C2C(=O)NC2CCCC(C)C2C)CC1. The average molecular weight is 624 g/mol. The normalized spacial score (nSPS) is 35.2. The lowest BCUT2D eigenvalue weighted by Gasteiger charge is -2.38. The predicted octanol–water partition coefficient (Wildman–Crippen LogP) is 3.47. The van der Waals surface area contributed by atoms with Crippen LogP contribution in [-0.2, 0) is 19.1 Å². The van der Waals surface area contributed by atoms with Gasteiger partial charge in [-0.3, -0.25) is 14.4 Å². The number of likely N-dealkylation sites (tertiary alicyclic amines) is 1. The Bertz CT molecular complexity index is 1270. The molecular formula is C34H49N5O4S. The van der Waals surface area contributed by atoms with Crippen LogP contribution in [0.25, 0.3) is 0 Å². The first-order valence-corrected chi connectivity index (χ1v) is 17.9. The molecule has 240 valence electrons. The topological polar surface area (TPSA) is 94.2 Å². The Kier molecular flexibility index (Phi) is 9.43. The van der Waals surface area contributed by atoms with Crippen molar-refractivity contribution in [2.45, 2.75) is 75.1 Å². The molecule has 10 heteroatoms. The number of piperazine rings is 1. The van der Waals surface area contributed by atoms with Gasteiger partial charge in [-0.2, -0.15) is 0 Å². The standard InChI is InChI=1S/C34H49N5O4S/c1-5-37-17-19-38(20-18-37)15-8-16-39-30(32(41)36-26-12-6-9-22(2)23(26)3)34-14-13-27(43-34)28(29(34)33(39)42)31(40)35-24-10-7-11-25(21-24)44-4/h7,10-11,13-14,21-23,26-30H,5-6,8-9,12,15-20H2,1-4H3,(H,35,40)(H,36,41)/t22?,23?,26?,27-,28?,29-,30?,34?/m1/s1. The molecule has 6 rings (SSSR count). The Morgan fingerprint density at radius 2 is 1.84 bits per heavy atom. The first-order valence-electron chi connectivity index (χ1n) is 16.6. The number of fused-ring (bicyclic) bond motifs is 1. The third-order valence-electron chi connectivity index (χ3n) is 11.1. The van der Waals surface area contributed by atoms with Crippen LogP contribution in [0.5, 0.6) is 0 Å². The zero-order valence-electron chi connectivity index (χ0n) is 26.7. The highest BCUT2D eigenvalue weighted by Gasteiger charge is 2.72. The van der Waals surface area contributed by atoms with Crippen LogP contribution in [0.3, 0.4) is 0 Å². The van der Waals surface area contributed by atoms with E-state index < -0.39 is 29.6 Å². The van der Waals surface area contributed by atoms with Crippen LogP contribution in [0.2, 0.25) is 0 Å². The molecule has 44 heavy (non-hydrogen) atoms. The van der Waals surface area contributed by atoms with E-state index in [-0.39, 0.29) is 23.8 Å². The van der Waals surface area contributed by atoms with E-state index in [1.165, 1.54) is 6.42 Å². The highest BCUT2D eigenvalue weighted by molar-refractivity contribution is 7.98. The molecular weight excluding hydrogens is 574 g/mol. The molecule has 1 saturated carbocycles. The molecule has 3 amide bonds. The number of hydrogen-bond acceptors (Lipinski definition) is 7. The summed E-state index contributed by atoms with van der Waals surface area (Å²) in [6.07, 6.45) is 9.24. The molecule has 3 saturated heterocycles. The van der Waals surface area contributed by atoms with E-state index in [9.17, 15) is 14.4 Å². The first-order chi connectivity index (χ1) is 21.3. The Morgan fingerprint density at radius 1 is 1.07 bits per heavy atom. The molecule has 0 radical (unpaired) electrons. The molecule has 2 bridgehead atoms. The lowest BCUT2D eigenvalue weighted by Crippen LogP contribution is -2.58. The maximum atomic E-state index is 14.4. The number of thioether (sulfide) groups is 1. The number of likely N-dealkylation sites (N-methyl/N-ethyl adjacent to an activating group) is 1. The number of benzene rings is 1. The molecule has 1 aromatic carbocycles. The molecule has 8 atom stereocenters. The number of hydrogen-bond donors (Lipinski definition) is 2. The summed E-state index contributed by atoms with van der Waals surface area (Å²) < 4.78 is 6.58. The average Bonchev–Trinajstić information content (AvgIpc) is 3.67. The fourth-order valence-corrected chi connectivity index (χ4v) is 8.73. The van der Waals surface area contributed by atoms with Crippen molar-refractivity contribution in [2.75, 3.05) is 57.4 Å². The second-order valence-electron chi connectivity index (χ2n) is 13.5. The zero-order valence-corrected chi connectivity index (χ0v) is 27.5.